The Labute approximate surface area is 152 Å². The summed E-state index contributed by atoms with van der Waals surface area (Å²) in [4.78, 5) is 27.1. The van der Waals surface area contributed by atoms with Crippen molar-refractivity contribution in [3.8, 4) is 0 Å². The largest absolute Gasteiger partial charge is 0.347 e. The molecule has 2 aliphatic heterocycles. The predicted octanol–water partition coefficient (Wildman–Crippen LogP) is 2.44. The van der Waals surface area contributed by atoms with Crippen LogP contribution >= 0.6 is 0 Å². The minimum absolute atomic E-state index is 0.0199. The lowest BCUT2D eigenvalue weighted by Gasteiger charge is -2.96. The van der Waals surface area contributed by atoms with Crippen LogP contribution in [-0.4, -0.2) is 13.9 Å². The topological polar surface area (TPSA) is 48.9 Å². The smallest absolute Gasteiger partial charge is 0.246 e. The molecule has 0 N–H and O–H groups in total. The Balaban J connectivity index is 1.37. The highest BCUT2D eigenvalue weighted by Gasteiger charge is 2.95. The van der Waals surface area contributed by atoms with Gasteiger partial charge in [0.25, 0.3) is 0 Å². The maximum absolute atomic E-state index is 13.6. The molecule has 9 rings (SSSR count). The van der Waals surface area contributed by atoms with E-state index in [-0.39, 0.29) is 28.3 Å². The first kappa shape index (κ1) is 13.8. The zero-order valence-corrected chi connectivity index (χ0v) is 16.0. The van der Waals surface area contributed by atoms with E-state index >= 15 is 0 Å². The lowest BCUT2D eigenvalue weighted by atomic mass is 9.11. The van der Waals surface area contributed by atoms with Crippen LogP contribution in [0.25, 0.3) is 0 Å². The first-order valence-electron chi connectivity index (χ1n) is 10.7. The summed E-state index contributed by atoms with van der Waals surface area (Å²) in [6.07, 6.45) is 3.41. The molecule has 6 aliphatic carbocycles. The van der Waals surface area contributed by atoms with E-state index in [1.165, 1.54) is 6.42 Å². The molecular weight excluding hydrogens is 326 g/mol. The van der Waals surface area contributed by atoms with Crippen LogP contribution in [0, 0.1) is 51.8 Å². The maximum Gasteiger partial charge on any atom is 0.347 e. The first-order valence-corrected chi connectivity index (χ1v) is 10.7. The molecule has 6 fully saturated rings. The molecule has 138 valence electrons. The van der Waals surface area contributed by atoms with Crippen molar-refractivity contribution < 1.29 is 0 Å². The van der Waals surface area contributed by atoms with Crippen molar-refractivity contribution in [1.29, 1.82) is 0 Å². The van der Waals surface area contributed by atoms with E-state index in [9.17, 15) is 9.59 Å². The Hall–Kier alpha value is -1.26. The SMILES string of the molecule is CC1(C)[C@@H]2CC[C@]1(C)[C@H](n1c(=O)n3n(c1=O)[C@@H]1[C@H]4[C@H]5[C@H]6[C@H]4[C@]1(C)[C@@H]6[C@@H]53)C2. The van der Waals surface area contributed by atoms with Gasteiger partial charge in [0.15, 0.2) is 0 Å². The van der Waals surface area contributed by atoms with Gasteiger partial charge in [-0.25, -0.2) is 23.5 Å². The monoisotopic (exact) mass is 353 g/mol. The van der Waals surface area contributed by atoms with Gasteiger partial charge in [-0.3, -0.25) is 0 Å². The Kier molecular flexibility index (Phi) is 1.71. The van der Waals surface area contributed by atoms with Crippen molar-refractivity contribution in [2.45, 2.75) is 65.1 Å². The van der Waals surface area contributed by atoms with Crippen molar-refractivity contribution in [2.75, 3.05) is 0 Å². The Morgan fingerprint density at radius 1 is 0.923 bits per heavy atom. The standard InChI is InChI=1S/C21H27N3O2/c1-19(2)8-5-6-20(19,3)9(7-8)22-17(25)23-15-10-11-13-12(10)16(24(23)18(22)26)21(13,4)14(11)15/h8-16H,5-7H2,1-4H3/t8-,9-,10-,11+,12+,13-,14+,15-,16-,20-,21-/m1/s1. The third-order valence-corrected chi connectivity index (χ3v) is 12.0. The summed E-state index contributed by atoms with van der Waals surface area (Å²) in [7, 11) is 0. The van der Waals surface area contributed by atoms with E-state index in [1.54, 1.807) is 4.57 Å². The Morgan fingerprint density at radius 3 is 2.27 bits per heavy atom. The van der Waals surface area contributed by atoms with Crippen LogP contribution in [0.5, 0.6) is 0 Å². The minimum atomic E-state index is 0.0199. The quantitative estimate of drug-likeness (QED) is 0.779. The first-order chi connectivity index (χ1) is 12.3. The highest BCUT2D eigenvalue weighted by atomic mass is 16.2. The van der Waals surface area contributed by atoms with E-state index in [1.807, 2.05) is 9.36 Å². The molecule has 5 heteroatoms. The van der Waals surface area contributed by atoms with Crippen LogP contribution in [0.4, 0.5) is 0 Å². The van der Waals surface area contributed by atoms with Crippen molar-refractivity contribution in [2.24, 2.45) is 51.8 Å². The summed E-state index contributed by atoms with van der Waals surface area (Å²) in [5.41, 5.74) is 0.657. The number of aromatic nitrogens is 3. The van der Waals surface area contributed by atoms with E-state index in [0.717, 1.165) is 30.6 Å². The predicted molar refractivity (Wildman–Crippen MR) is 94.8 cm³/mol. The van der Waals surface area contributed by atoms with Gasteiger partial charge in [-0.1, -0.05) is 27.7 Å². The fourth-order valence-electron chi connectivity index (χ4n) is 10.5. The van der Waals surface area contributed by atoms with Gasteiger partial charge < -0.3 is 0 Å². The number of hydrogen-bond donors (Lipinski definition) is 0. The lowest BCUT2D eigenvalue weighted by molar-refractivity contribution is -0.496. The van der Waals surface area contributed by atoms with E-state index in [2.05, 4.69) is 27.7 Å². The average Bonchev–Trinajstić information content (AvgIpc) is 2.99. The molecule has 0 radical (unpaired) electrons. The number of fused-ring (bicyclic) bond motifs is 2. The molecule has 0 saturated heterocycles. The summed E-state index contributed by atoms with van der Waals surface area (Å²) < 4.78 is 5.64. The maximum atomic E-state index is 13.6. The zero-order valence-electron chi connectivity index (χ0n) is 16.0. The van der Waals surface area contributed by atoms with Crippen LogP contribution in [0.2, 0.25) is 0 Å². The van der Waals surface area contributed by atoms with Gasteiger partial charge in [0.2, 0.25) is 0 Å². The molecule has 11 atom stereocenters. The van der Waals surface area contributed by atoms with Crippen molar-refractivity contribution in [3.05, 3.63) is 21.0 Å². The Morgan fingerprint density at radius 2 is 1.65 bits per heavy atom. The number of nitrogens with zero attached hydrogens (tertiary/aromatic N) is 3. The molecule has 8 aliphatic rings. The van der Waals surface area contributed by atoms with E-state index in [4.69, 9.17) is 0 Å². The highest BCUT2D eigenvalue weighted by molar-refractivity contribution is 5.42. The molecule has 1 aromatic heterocycles. The van der Waals surface area contributed by atoms with Crippen LogP contribution in [-0.2, 0) is 0 Å². The normalized spacial score (nSPS) is 62.7. The van der Waals surface area contributed by atoms with Crippen molar-refractivity contribution >= 4 is 0 Å². The average molecular weight is 353 g/mol. The fourth-order valence-corrected chi connectivity index (χ4v) is 10.5. The molecule has 26 heavy (non-hydrogen) atoms. The third-order valence-electron chi connectivity index (χ3n) is 12.0. The summed E-state index contributed by atoms with van der Waals surface area (Å²) in [6.45, 7) is 9.47. The molecule has 6 saturated carbocycles. The zero-order chi connectivity index (χ0) is 17.7. The van der Waals surface area contributed by atoms with Gasteiger partial charge in [0.1, 0.15) is 0 Å². The van der Waals surface area contributed by atoms with Crippen molar-refractivity contribution in [1.82, 2.24) is 13.9 Å². The van der Waals surface area contributed by atoms with Crippen LogP contribution in [0.3, 0.4) is 0 Å². The van der Waals surface area contributed by atoms with Crippen LogP contribution in [0.15, 0.2) is 9.59 Å². The van der Waals surface area contributed by atoms with Gasteiger partial charge in [-0.2, -0.15) is 0 Å². The van der Waals surface area contributed by atoms with E-state index in [0.29, 0.717) is 35.3 Å². The molecule has 5 nitrogen and oxygen atoms in total. The molecule has 0 aromatic carbocycles. The second kappa shape index (κ2) is 3.22. The molecule has 1 aromatic rings. The van der Waals surface area contributed by atoms with Gasteiger partial charge in [-0.05, 0) is 71.0 Å². The highest BCUT2D eigenvalue weighted by Crippen LogP contribution is 2.96. The summed E-state index contributed by atoms with van der Waals surface area (Å²) in [5, 5.41) is 0. The summed E-state index contributed by atoms with van der Waals surface area (Å²) in [5.74, 6) is 4.52. The van der Waals surface area contributed by atoms with Crippen molar-refractivity contribution in [3.63, 3.8) is 0 Å². The van der Waals surface area contributed by atoms with Gasteiger partial charge >= 0.3 is 11.4 Å². The number of rotatable bonds is 1. The lowest BCUT2D eigenvalue weighted by Crippen LogP contribution is -2.95. The molecular formula is C21H27N3O2. The summed E-state index contributed by atoms with van der Waals surface area (Å²) >= 11 is 0. The molecule has 0 amide bonds. The Bertz CT molecular complexity index is 1060. The second-order valence-electron chi connectivity index (χ2n) is 11.8. The molecule has 0 unspecified atom stereocenters. The fraction of sp³-hybridized carbons (Fsp3) is 0.905. The molecule has 0 spiro atoms. The molecule has 3 heterocycles. The minimum Gasteiger partial charge on any atom is -0.246 e. The van der Waals surface area contributed by atoms with Crippen LogP contribution < -0.4 is 11.4 Å². The van der Waals surface area contributed by atoms with E-state index < -0.39 is 0 Å². The second-order valence-corrected chi connectivity index (χ2v) is 11.8. The van der Waals surface area contributed by atoms with Gasteiger partial charge in [0.05, 0.1) is 12.1 Å². The van der Waals surface area contributed by atoms with Gasteiger partial charge in [-0.15, -0.1) is 0 Å². The summed E-state index contributed by atoms with van der Waals surface area (Å²) in [6, 6.07) is 0.748. The van der Waals surface area contributed by atoms with Gasteiger partial charge in [0, 0.05) is 6.04 Å². The number of hydrogen-bond acceptors (Lipinski definition) is 2. The molecule has 4 bridgehead atoms. The third kappa shape index (κ3) is 0.861. The van der Waals surface area contributed by atoms with Crippen LogP contribution in [0.1, 0.15) is 65.1 Å².